The average Bonchev–Trinajstić information content (AvgIpc) is 3.03. The molecule has 0 saturated heterocycles. The van der Waals surface area contributed by atoms with Crippen LogP contribution in [0.1, 0.15) is 16.8 Å². The minimum absolute atomic E-state index is 0.115. The second-order valence-electron chi connectivity index (χ2n) is 6.33. The van der Waals surface area contributed by atoms with Crippen LogP contribution in [0.5, 0.6) is 11.5 Å². The van der Waals surface area contributed by atoms with E-state index >= 15 is 0 Å². The summed E-state index contributed by atoms with van der Waals surface area (Å²) in [4.78, 5) is 0. The van der Waals surface area contributed by atoms with Crippen molar-refractivity contribution in [2.24, 2.45) is 7.05 Å². The van der Waals surface area contributed by atoms with Gasteiger partial charge in [-0.1, -0.05) is 17.7 Å². The maximum atomic E-state index is 12.3. The Morgan fingerprint density at radius 2 is 1.83 bits per heavy atom. The van der Waals surface area contributed by atoms with Crippen LogP contribution in [-0.4, -0.2) is 16.1 Å². The number of anilines is 2. The first kappa shape index (κ1) is 20.7. The molecule has 0 aliphatic heterocycles. The summed E-state index contributed by atoms with van der Waals surface area (Å²) in [5.41, 5.74) is 14.7. The second-order valence-corrected chi connectivity index (χ2v) is 6.74. The van der Waals surface area contributed by atoms with Gasteiger partial charge in [0.1, 0.15) is 18.1 Å². The first-order valence-corrected chi connectivity index (χ1v) is 8.82. The number of nitrogens with zero attached hydrogens (tertiary/aromatic N) is 2. The van der Waals surface area contributed by atoms with Crippen LogP contribution < -0.4 is 20.9 Å². The number of hydrogen-bond acceptors (Lipinski definition) is 5. The smallest absolute Gasteiger partial charge is 0.487 e. The van der Waals surface area contributed by atoms with E-state index in [1.54, 1.807) is 30.1 Å². The van der Waals surface area contributed by atoms with Gasteiger partial charge in [0, 0.05) is 30.8 Å². The predicted octanol–water partition coefficient (Wildman–Crippen LogP) is 4.31. The molecule has 0 amide bonds. The van der Waals surface area contributed by atoms with Gasteiger partial charge in [-0.15, -0.1) is 13.2 Å². The van der Waals surface area contributed by atoms with Gasteiger partial charge in [-0.3, -0.25) is 4.68 Å². The molecule has 1 aromatic heterocycles. The molecular weight excluding hydrogens is 409 g/mol. The van der Waals surface area contributed by atoms with E-state index in [9.17, 15) is 13.2 Å². The van der Waals surface area contributed by atoms with Gasteiger partial charge in [-0.2, -0.15) is 5.10 Å². The fourth-order valence-electron chi connectivity index (χ4n) is 2.71. The Kier molecular flexibility index (Phi) is 5.78. The molecule has 0 atom stereocenters. The molecule has 0 fully saturated rings. The Hall–Kier alpha value is -3.07. The lowest BCUT2D eigenvalue weighted by molar-refractivity contribution is -0.274. The number of aromatic nitrogens is 2. The molecule has 2 aromatic carbocycles. The van der Waals surface area contributed by atoms with E-state index in [0.29, 0.717) is 28.3 Å². The van der Waals surface area contributed by atoms with E-state index in [1.165, 1.54) is 12.1 Å². The van der Waals surface area contributed by atoms with Crippen LogP contribution in [-0.2, 0) is 20.1 Å². The number of ether oxygens (including phenoxy) is 2. The number of alkyl halides is 3. The van der Waals surface area contributed by atoms with Crippen LogP contribution in [0, 0.1) is 0 Å². The van der Waals surface area contributed by atoms with Gasteiger partial charge in [-0.05, 0) is 35.4 Å². The number of benzene rings is 2. The first-order valence-electron chi connectivity index (χ1n) is 8.44. The highest BCUT2D eigenvalue weighted by atomic mass is 35.5. The largest absolute Gasteiger partial charge is 0.573 e. The molecule has 0 spiro atoms. The maximum absolute atomic E-state index is 12.3. The lowest BCUT2D eigenvalue weighted by Crippen LogP contribution is -2.17. The molecule has 29 heavy (non-hydrogen) atoms. The predicted molar refractivity (Wildman–Crippen MR) is 104 cm³/mol. The van der Waals surface area contributed by atoms with E-state index < -0.39 is 12.1 Å². The molecule has 0 radical (unpaired) electrons. The van der Waals surface area contributed by atoms with Gasteiger partial charge in [0.05, 0.1) is 17.1 Å². The Morgan fingerprint density at radius 3 is 2.45 bits per heavy atom. The molecule has 0 unspecified atom stereocenters. The normalized spacial score (nSPS) is 11.5. The van der Waals surface area contributed by atoms with Crippen LogP contribution in [0.4, 0.5) is 24.5 Å². The summed E-state index contributed by atoms with van der Waals surface area (Å²) in [5, 5.41) is 4.34. The third kappa shape index (κ3) is 5.47. The summed E-state index contributed by atoms with van der Waals surface area (Å²) in [6.07, 6.45) is -2.74. The molecule has 1 heterocycles. The zero-order valence-electron chi connectivity index (χ0n) is 15.3. The van der Waals surface area contributed by atoms with Crippen LogP contribution in [0.15, 0.2) is 42.6 Å². The van der Waals surface area contributed by atoms with Gasteiger partial charge in [0.2, 0.25) is 0 Å². The fourth-order valence-corrected chi connectivity index (χ4v) is 2.95. The summed E-state index contributed by atoms with van der Waals surface area (Å²) in [5.74, 6) is 0.0941. The van der Waals surface area contributed by atoms with Gasteiger partial charge < -0.3 is 20.9 Å². The maximum Gasteiger partial charge on any atom is 0.573 e. The second kappa shape index (κ2) is 8.12. The van der Waals surface area contributed by atoms with Crippen LogP contribution in [0.3, 0.4) is 0 Å². The number of nitrogens with two attached hydrogens (primary N) is 2. The Morgan fingerprint density at radius 1 is 1.07 bits per heavy atom. The highest BCUT2D eigenvalue weighted by molar-refractivity contribution is 6.31. The summed E-state index contributed by atoms with van der Waals surface area (Å²) < 4.78 is 48.3. The zero-order chi connectivity index (χ0) is 21.2. The number of rotatable bonds is 6. The van der Waals surface area contributed by atoms with Crippen molar-refractivity contribution >= 4 is 23.0 Å². The Labute approximate surface area is 169 Å². The van der Waals surface area contributed by atoms with Gasteiger partial charge in [-0.25, -0.2) is 0 Å². The third-order valence-corrected chi connectivity index (χ3v) is 4.42. The molecular formula is C19H18ClF3N4O2. The molecule has 10 heteroatoms. The highest BCUT2D eigenvalue weighted by Gasteiger charge is 2.31. The molecule has 6 nitrogen and oxygen atoms in total. The minimum atomic E-state index is -4.79. The van der Waals surface area contributed by atoms with E-state index in [-0.39, 0.29) is 18.1 Å². The number of hydrogen-bond donors (Lipinski definition) is 2. The van der Waals surface area contributed by atoms with Gasteiger partial charge in [0.25, 0.3) is 0 Å². The van der Waals surface area contributed by atoms with Gasteiger partial charge in [0.15, 0.2) is 0 Å². The van der Waals surface area contributed by atoms with Crippen molar-refractivity contribution < 1.29 is 22.6 Å². The highest BCUT2D eigenvalue weighted by Crippen LogP contribution is 2.33. The minimum Gasteiger partial charge on any atom is -0.487 e. The standard InChI is InChI=1S/C19H18ClF3N4O2/c1-27-5-4-13(26-27)10-28-15-7-12(18(25)17(24)9-15)6-11-2-3-14(8-16(11)20)29-19(21,22)23/h2-5,7-9H,6,10,24-25H2,1H3. The SMILES string of the molecule is Cn1ccc(COc2cc(N)c(N)c(Cc3ccc(OC(F)(F)F)cc3Cl)c2)n1. The van der Waals surface area contributed by atoms with Crippen molar-refractivity contribution in [1.29, 1.82) is 0 Å². The van der Waals surface area contributed by atoms with Crippen molar-refractivity contribution in [2.75, 3.05) is 11.5 Å². The lowest BCUT2D eigenvalue weighted by atomic mass is 10.0. The molecule has 0 aliphatic rings. The molecule has 0 aliphatic carbocycles. The quantitative estimate of drug-likeness (QED) is 0.573. The molecule has 154 valence electrons. The van der Waals surface area contributed by atoms with Crippen LogP contribution >= 0.6 is 11.6 Å². The molecule has 0 saturated carbocycles. The van der Waals surface area contributed by atoms with E-state index in [4.69, 9.17) is 27.8 Å². The summed E-state index contributed by atoms with van der Waals surface area (Å²) >= 11 is 6.12. The van der Waals surface area contributed by atoms with E-state index in [2.05, 4.69) is 9.84 Å². The zero-order valence-corrected chi connectivity index (χ0v) is 16.1. The van der Waals surface area contributed by atoms with Crippen molar-refractivity contribution in [1.82, 2.24) is 9.78 Å². The van der Waals surface area contributed by atoms with Crippen LogP contribution in [0.25, 0.3) is 0 Å². The topological polar surface area (TPSA) is 88.3 Å². The van der Waals surface area contributed by atoms with Crippen molar-refractivity contribution in [3.63, 3.8) is 0 Å². The number of aryl methyl sites for hydroxylation is 1. The molecule has 3 aromatic rings. The van der Waals surface area contributed by atoms with Crippen molar-refractivity contribution in [3.8, 4) is 11.5 Å². The summed E-state index contributed by atoms with van der Waals surface area (Å²) in [6.45, 7) is 0.244. The number of halogens is 4. The molecule has 0 bridgehead atoms. The summed E-state index contributed by atoms with van der Waals surface area (Å²) in [7, 11) is 1.80. The molecule has 4 N–H and O–H groups in total. The van der Waals surface area contributed by atoms with E-state index in [1.807, 2.05) is 6.07 Å². The van der Waals surface area contributed by atoms with Gasteiger partial charge >= 0.3 is 6.36 Å². The Bertz CT molecular complexity index is 1020. The Balaban J connectivity index is 1.78. The van der Waals surface area contributed by atoms with Crippen LogP contribution in [0.2, 0.25) is 5.02 Å². The molecule has 3 rings (SSSR count). The lowest BCUT2D eigenvalue weighted by Gasteiger charge is -2.14. The fraction of sp³-hybridized carbons (Fsp3) is 0.211. The average molecular weight is 427 g/mol. The summed E-state index contributed by atoms with van der Waals surface area (Å²) in [6, 6.07) is 8.88. The first-order chi connectivity index (χ1) is 13.6. The van der Waals surface area contributed by atoms with Crippen molar-refractivity contribution in [2.45, 2.75) is 19.4 Å². The number of nitrogen functional groups attached to an aromatic ring is 2. The van der Waals surface area contributed by atoms with E-state index in [0.717, 1.165) is 11.8 Å². The third-order valence-electron chi connectivity index (χ3n) is 4.07. The van der Waals surface area contributed by atoms with Crippen molar-refractivity contribution in [3.05, 3.63) is 64.4 Å². The monoisotopic (exact) mass is 426 g/mol.